The summed E-state index contributed by atoms with van der Waals surface area (Å²) < 4.78 is 16.6. The van der Waals surface area contributed by atoms with Gasteiger partial charge in [-0.15, -0.1) is 0 Å². The number of piperazine rings is 1. The van der Waals surface area contributed by atoms with Gasteiger partial charge in [-0.25, -0.2) is 19.7 Å². The van der Waals surface area contributed by atoms with E-state index in [1.54, 1.807) is 23.4 Å². The van der Waals surface area contributed by atoms with Crippen molar-refractivity contribution >= 4 is 41.2 Å². The van der Waals surface area contributed by atoms with Crippen molar-refractivity contribution in [2.24, 2.45) is 5.92 Å². The van der Waals surface area contributed by atoms with Crippen LogP contribution in [0.3, 0.4) is 0 Å². The summed E-state index contributed by atoms with van der Waals surface area (Å²) in [6.45, 7) is 11.7. The van der Waals surface area contributed by atoms with Crippen molar-refractivity contribution < 1.29 is 23.8 Å². The number of amides is 1. The Morgan fingerprint density at radius 2 is 1.64 bits per heavy atom. The van der Waals surface area contributed by atoms with Crippen LogP contribution in [-0.2, 0) is 20.8 Å². The molecule has 2 aliphatic rings. The largest absolute Gasteiger partial charge is 0.469 e. The van der Waals surface area contributed by atoms with E-state index in [0.717, 1.165) is 37.1 Å². The molecule has 0 unspecified atom stereocenters. The van der Waals surface area contributed by atoms with E-state index in [9.17, 15) is 9.59 Å². The number of carbonyl (C=O) groups excluding carboxylic acids is 2. The lowest BCUT2D eigenvalue weighted by molar-refractivity contribution is -0.142. The molecule has 0 radical (unpaired) electrons. The number of ether oxygens (including phenoxy) is 3. The van der Waals surface area contributed by atoms with Crippen molar-refractivity contribution in [3.63, 3.8) is 0 Å². The molecule has 13 heteroatoms. The van der Waals surface area contributed by atoms with Gasteiger partial charge in [0.2, 0.25) is 11.8 Å². The predicted octanol–water partition coefficient (Wildman–Crippen LogP) is 6.86. The average Bonchev–Trinajstić information content (AvgIpc) is 3.01. The quantitative estimate of drug-likeness (QED) is 0.233. The van der Waals surface area contributed by atoms with Crippen LogP contribution in [-0.4, -0.2) is 88.3 Å². The van der Waals surface area contributed by atoms with E-state index < -0.39 is 5.60 Å². The normalized spacial score (nSPS) is 17.8. The summed E-state index contributed by atoms with van der Waals surface area (Å²) >= 11 is 12.7. The number of anilines is 1. The minimum atomic E-state index is -0.548. The molecule has 0 saturated carbocycles. The first-order chi connectivity index (χ1) is 22.3. The Bertz CT molecular complexity index is 1540. The molecule has 252 valence electrons. The third-order valence-electron chi connectivity index (χ3n) is 8.19. The van der Waals surface area contributed by atoms with E-state index >= 15 is 0 Å². The van der Waals surface area contributed by atoms with Crippen molar-refractivity contribution in [3.8, 4) is 22.9 Å². The van der Waals surface area contributed by atoms with Crippen molar-refractivity contribution in [3.05, 3.63) is 58.3 Å². The highest BCUT2D eigenvalue weighted by Gasteiger charge is 2.32. The molecule has 2 fully saturated rings. The summed E-state index contributed by atoms with van der Waals surface area (Å²) in [4.78, 5) is 44.4. The zero-order valence-electron chi connectivity index (χ0n) is 27.5. The Morgan fingerprint density at radius 3 is 2.26 bits per heavy atom. The summed E-state index contributed by atoms with van der Waals surface area (Å²) in [5.74, 6) is 1.57. The lowest BCUT2D eigenvalue weighted by Gasteiger charge is -2.40. The number of nitrogens with zero attached hydrogens (tertiary/aromatic N) is 6. The zero-order chi connectivity index (χ0) is 33.7. The standard InChI is InChI=1S/C34H42Cl2N6O5/c1-22-20-41(10-11-42(22)33(44)47-34(2,3)4)32-37-18-28(19-38-32)46-30-13-24(12-29(39-30)25-15-26(35)17-27(36)16-25)21-40-8-6-23(7-9-40)14-31(43)45-5/h12-13,15-19,22-23H,6-11,14,20-21H2,1-5H3/t22-/m0/s1. The number of piperidine rings is 1. The minimum Gasteiger partial charge on any atom is -0.469 e. The van der Waals surface area contributed by atoms with E-state index in [-0.39, 0.29) is 18.1 Å². The number of pyridine rings is 1. The fraction of sp³-hybridized carbons (Fsp3) is 0.500. The van der Waals surface area contributed by atoms with E-state index in [0.29, 0.717) is 71.8 Å². The molecule has 0 spiro atoms. The molecular weight excluding hydrogens is 643 g/mol. The summed E-state index contributed by atoms with van der Waals surface area (Å²) in [5, 5.41) is 1.03. The smallest absolute Gasteiger partial charge is 0.410 e. The van der Waals surface area contributed by atoms with E-state index in [1.807, 2.05) is 56.9 Å². The number of likely N-dealkylation sites (tertiary alicyclic amines) is 1. The van der Waals surface area contributed by atoms with Gasteiger partial charge in [0.15, 0.2) is 5.75 Å². The van der Waals surface area contributed by atoms with Crippen molar-refractivity contribution in [1.29, 1.82) is 0 Å². The zero-order valence-corrected chi connectivity index (χ0v) is 29.1. The second-order valence-corrected chi connectivity index (χ2v) is 14.0. The molecule has 1 amide bonds. The molecule has 2 saturated heterocycles. The number of halogens is 2. The van der Waals surface area contributed by atoms with E-state index in [1.165, 1.54) is 7.11 Å². The predicted molar refractivity (Wildman–Crippen MR) is 181 cm³/mol. The maximum Gasteiger partial charge on any atom is 0.410 e. The van der Waals surface area contributed by atoms with Crippen LogP contribution in [0.4, 0.5) is 10.7 Å². The molecule has 2 aliphatic heterocycles. The highest BCUT2D eigenvalue weighted by molar-refractivity contribution is 6.35. The first-order valence-electron chi connectivity index (χ1n) is 15.9. The van der Waals surface area contributed by atoms with Gasteiger partial charge in [0, 0.05) is 60.3 Å². The van der Waals surface area contributed by atoms with Crippen LogP contribution in [0.15, 0.2) is 42.7 Å². The van der Waals surface area contributed by atoms with Crippen LogP contribution >= 0.6 is 23.2 Å². The Balaban J connectivity index is 1.28. The number of hydrogen-bond acceptors (Lipinski definition) is 10. The molecule has 0 bridgehead atoms. The number of aromatic nitrogens is 3. The van der Waals surface area contributed by atoms with E-state index in [2.05, 4.69) is 14.9 Å². The second kappa shape index (κ2) is 15.0. The van der Waals surface area contributed by atoms with Crippen LogP contribution in [0, 0.1) is 5.92 Å². The lowest BCUT2D eigenvalue weighted by Crippen LogP contribution is -2.55. The number of rotatable bonds is 8. The first-order valence-corrected chi connectivity index (χ1v) is 16.6. The van der Waals surface area contributed by atoms with Crippen LogP contribution in [0.5, 0.6) is 11.6 Å². The average molecular weight is 686 g/mol. The number of methoxy groups -OCH3 is 1. The molecule has 1 atom stereocenters. The Labute approximate surface area is 286 Å². The SMILES string of the molecule is COC(=O)CC1CCN(Cc2cc(Oc3cnc(N4CCN(C(=O)OC(C)(C)C)[C@@H](C)C4)nc3)nc(-c3cc(Cl)cc(Cl)c3)c2)CC1. The number of hydrogen-bond donors (Lipinski definition) is 0. The van der Waals surface area contributed by atoms with Gasteiger partial charge in [-0.2, -0.15) is 0 Å². The van der Waals surface area contributed by atoms with Gasteiger partial charge in [0.25, 0.3) is 0 Å². The Kier molecular flexibility index (Phi) is 11.1. The van der Waals surface area contributed by atoms with Gasteiger partial charge in [-0.1, -0.05) is 23.2 Å². The molecular formula is C34H42Cl2N6O5. The van der Waals surface area contributed by atoms with Crippen molar-refractivity contribution in [2.75, 3.05) is 44.7 Å². The van der Waals surface area contributed by atoms with Gasteiger partial charge < -0.3 is 24.0 Å². The van der Waals surface area contributed by atoms with Crippen molar-refractivity contribution in [1.82, 2.24) is 24.8 Å². The molecule has 4 heterocycles. The molecule has 47 heavy (non-hydrogen) atoms. The fourth-order valence-corrected chi connectivity index (χ4v) is 6.38. The highest BCUT2D eigenvalue weighted by Crippen LogP contribution is 2.31. The highest BCUT2D eigenvalue weighted by atomic mass is 35.5. The summed E-state index contributed by atoms with van der Waals surface area (Å²) in [6.07, 6.45) is 5.26. The molecule has 11 nitrogen and oxygen atoms in total. The van der Waals surface area contributed by atoms with Gasteiger partial charge in [0.1, 0.15) is 5.60 Å². The molecule has 0 N–H and O–H groups in total. The maximum atomic E-state index is 12.6. The summed E-state index contributed by atoms with van der Waals surface area (Å²) in [6, 6.07) is 9.20. The van der Waals surface area contributed by atoms with Gasteiger partial charge >= 0.3 is 12.1 Å². The molecule has 1 aromatic carbocycles. The monoisotopic (exact) mass is 684 g/mol. The van der Waals surface area contributed by atoms with Gasteiger partial charge in [-0.3, -0.25) is 9.69 Å². The topological polar surface area (TPSA) is 110 Å². The minimum absolute atomic E-state index is 0.0675. The lowest BCUT2D eigenvalue weighted by atomic mass is 9.93. The van der Waals surface area contributed by atoms with Gasteiger partial charge in [0.05, 0.1) is 25.2 Å². The van der Waals surface area contributed by atoms with Crippen molar-refractivity contribution in [2.45, 2.75) is 65.1 Å². The number of benzene rings is 1. The maximum absolute atomic E-state index is 12.6. The molecule has 2 aromatic heterocycles. The van der Waals surface area contributed by atoms with Gasteiger partial charge in [-0.05, 0) is 89.4 Å². The van der Waals surface area contributed by atoms with Crippen LogP contribution in [0.1, 0.15) is 52.5 Å². The summed E-state index contributed by atoms with van der Waals surface area (Å²) in [7, 11) is 1.43. The molecule has 3 aromatic rings. The molecule has 0 aliphatic carbocycles. The Morgan fingerprint density at radius 1 is 0.957 bits per heavy atom. The van der Waals surface area contributed by atoms with Crippen LogP contribution < -0.4 is 9.64 Å². The molecule has 5 rings (SSSR count). The third-order valence-corrected chi connectivity index (χ3v) is 8.63. The van der Waals surface area contributed by atoms with E-state index in [4.69, 9.17) is 42.4 Å². The first kappa shape index (κ1) is 34.7. The fourth-order valence-electron chi connectivity index (χ4n) is 5.86. The summed E-state index contributed by atoms with van der Waals surface area (Å²) in [5.41, 5.74) is 1.92. The van der Waals surface area contributed by atoms with Crippen LogP contribution in [0.2, 0.25) is 10.0 Å². The number of carbonyl (C=O) groups is 2. The Hall–Kier alpha value is -3.67. The van der Waals surface area contributed by atoms with Crippen LogP contribution in [0.25, 0.3) is 11.3 Å². The second-order valence-electron chi connectivity index (χ2n) is 13.1. The number of esters is 1. The third kappa shape index (κ3) is 9.68.